The number of fused-ring (bicyclic) bond motifs is 1. The molecule has 0 saturated carbocycles. The third-order valence-corrected chi connectivity index (χ3v) is 4.53. The first-order valence-corrected chi connectivity index (χ1v) is 6.91. The van der Waals surface area contributed by atoms with Crippen molar-refractivity contribution in [3.8, 4) is 0 Å². The van der Waals surface area contributed by atoms with Crippen LogP contribution in [0.1, 0.15) is 10.4 Å². The lowest BCUT2D eigenvalue weighted by Gasteiger charge is -2.38. The lowest BCUT2D eigenvalue weighted by Crippen LogP contribution is -2.58. The van der Waals surface area contributed by atoms with Gasteiger partial charge in [-0.3, -0.25) is 9.69 Å². The maximum Gasteiger partial charge on any atom is 0.237 e. The van der Waals surface area contributed by atoms with Crippen molar-refractivity contribution < 1.29 is 4.79 Å². The molecule has 2 aliphatic rings. The van der Waals surface area contributed by atoms with E-state index in [1.807, 2.05) is 4.90 Å². The highest BCUT2D eigenvalue weighted by atomic mass is 32.1. The number of hydrogen-bond donors (Lipinski definition) is 1. The molecule has 3 heterocycles. The van der Waals surface area contributed by atoms with Gasteiger partial charge in [0, 0.05) is 37.1 Å². The minimum Gasteiger partial charge on any atom is -0.337 e. The predicted octanol–water partition coefficient (Wildman–Crippen LogP) is 0.276. The molecule has 1 amide bonds. The quantitative estimate of drug-likeness (QED) is 0.821. The van der Waals surface area contributed by atoms with E-state index in [-0.39, 0.29) is 11.9 Å². The van der Waals surface area contributed by atoms with E-state index < -0.39 is 0 Å². The summed E-state index contributed by atoms with van der Waals surface area (Å²) in [7, 11) is 0. The van der Waals surface area contributed by atoms with Crippen LogP contribution >= 0.6 is 11.3 Å². The number of likely N-dealkylation sites (tertiary alicyclic amines) is 1. The van der Waals surface area contributed by atoms with Gasteiger partial charge in [0.1, 0.15) is 0 Å². The largest absolute Gasteiger partial charge is 0.337 e. The van der Waals surface area contributed by atoms with Gasteiger partial charge in [-0.15, -0.1) is 11.3 Å². The van der Waals surface area contributed by atoms with Crippen molar-refractivity contribution in [1.82, 2.24) is 9.80 Å². The van der Waals surface area contributed by atoms with E-state index in [1.165, 1.54) is 10.4 Å². The molecule has 1 aromatic rings. The molecule has 17 heavy (non-hydrogen) atoms. The van der Waals surface area contributed by atoms with Gasteiger partial charge in [0.25, 0.3) is 0 Å². The Hall–Kier alpha value is -0.910. The van der Waals surface area contributed by atoms with Crippen LogP contribution in [0, 0.1) is 0 Å². The molecule has 0 atom stereocenters. The third kappa shape index (κ3) is 2.22. The van der Waals surface area contributed by atoms with Crippen LogP contribution in [-0.4, -0.2) is 47.9 Å². The summed E-state index contributed by atoms with van der Waals surface area (Å²) in [6.45, 7) is 3.92. The van der Waals surface area contributed by atoms with E-state index in [1.54, 1.807) is 11.3 Å². The number of carbonyl (C=O) groups excluding carboxylic acids is 1. The standard InChI is InChI=1S/C12H17N3OS/c13-10-6-14(7-10)8-12(16)15-3-1-11-9(5-15)2-4-17-11/h2,4,10H,1,3,5-8,13H2. The molecule has 0 aromatic carbocycles. The summed E-state index contributed by atoms with van der Waals surface area (Å²) in [4.78, 5) is 17.6. The Morgan fingerprint density at radius 3 is 3.12 bits per heavy atom. The summed E-state index contributed by atoms with van der Waals surface area (Å²) in [5.74, 6) is 0.244. The molecular weight excluding hydrogens is 234 g/mol. The summed E-state index contributed by atoms with van der Waals surface area (Å²) < 4.78 is 0. The molecule has 0 spiro atoms. The molecule has 4 nitrogen and oxygen atoms in total. The monoisotopic (exact) mass is 251 g/mol. The maximum atomic E-state index is 12.1. The zero-order valence-electron chi connectivity index (χ0n) is 9.76. The van der Waals surface area contributed by atoms with Crippen LogP contribution in [0.5, 0.6) is 0 Å². The first-order chi connectivity index (χ1) is 8.22. The molecular formula is C12H17N3OS. The number of nitrogens with two attached hydrogens (primary N) is 1. The van der Waals surface area contributed by atoms with Crippen molar-refractivity contribution >= 4 is 17.2 Å². The van der Waals surface area contributed by atoms with Crippen LogP contribution in [0.15, 0.2) is 11.4 Å². The highest BCUT2D eigenvalue weighted by molar-refractivity contribution is 7.10. The van der Waals surface area contributed by atoms with E-state index in [0.29, 0.717) is 6.54 Å². The van der Waals surface area contributed by atoms with Crippen molar-refractivity contribution in [2.75, 3.05) is 26.2 Å². The van der Waals surface area contributed by atoms with Crippen LogP contribution in [0.2, 0.25) is 0 Å². The zero-order chi connectivity index (χ0) is 11.8. The van der Waals surface area contributed by atoms with E-state index in [4.69, 9.17) is 5.73 Å². The molecule has 1 fully saturated rings. The molecule has 1 aromatic heterocycles. The van der Waals surface area contributed by atoms with Gasteiger partial charge in [0.2, 0.25) is 5.91 Å². The Labute approximate surface area is 105 Å². The van der Waals surface area contributed by atoms with Crippen LogP contribution in [0.25, 0.3) is 0 Å². The number of carbonyl (C=O) groups is 1. The van der Waals surface area contributed by atoms with Crippen LogP contribution in [0.3, 0.4) is 0 Å². The molecule has 0 radical (unpaired) electrons. The molecule has 0 bridgehead atoms. The third-order valence-electron chi connectivity index (χ3n) is 3.50. The number of thiophene rings is 1. The predicted molar refractivity (Wildman–Crippen MR) is 67.9 cm³/mol. The summed E-state index contributed by atoms with van der Waals surface area (Å²) in [6, 6.07) is 2.41. The van der Waals surface area contributed by atoms with Crippen LogP contribution in [0.4, 0.5) is 0 Å². The average Bonchev–Trinajstić information content (AvgIpc) is 2.73. The Morgan fingerprint density at radius 1 is 1.53 bits per heavy atom. The Kier molecular flexibility index (Phi) is 2.90. The fourth-order valence-corrected chi connectivity index (χ4v) is 3.38. The minimum atomic E-state index is 0.244. The van der Waals surface area contributed by atoms with E-state index in [2.05, 4.69) is 16.3 Å². The lowest BCUT2D eigenvalue weighted by atomic mass is 10.1. The van der Waals surface area contributed by atoms with Crippen molar-refractivity contribution in [3.05, 3.63) is 21.9 Å². The van der Waals surface area contributed by atoms with Crippen molar-refractivity contribution in [2.24, 2.45) is 5.73 Å². The van der Waals surface area contributed by atoms with E-state index >= 15 is 0 Å². The second kappa shape index (κ2) is 4.40. The van der Waals surface area contributed by atoms with Crippen LogP contribution in [-0.2, 0) is 17.8 Å². The van der Waals surface area contributed by atoms with Gasteiger partial charge in [-0.25, -0.2) is 0 Å². The summed E-state index contributed by atoms with van der Waals surface area (Å²) in [6.07, 6.45) is 1.01. The second-order valence-electron chi connectivity index (χ2n) is 4.89. The van der Waals surface area contributed by atoms with Crippen molar-refractivity contribution in [3.63, 3.8) is 0 Å². The lowest BCUT2D eigenvalue weighted by molar-refractivity contribution is -0.134. The first-order valence-electron chi connectivity index (χ1n) is 6.03. The Bertz CT molecular complexity index is 425. The van der Waals surface area contributed by atoms with Gasteiger partial charge in [0.15, 0.2) is 0 Å². The van der Waals surface area contributed by atoms with Gasteiger partial charge in [-0.05, 0) is 23.4 Å². The van der Waals surface area contributed by atoms with E-state index in [9.17, 15) is 4.79 Å². The molecule has 0 aliphatic carbocycles. The molecule has 92 valence electrons. The topological polar surface area (TPSA) is 49.6 Å². The Morgan fingerprint density at radius 2 is 2.35 bits per heavy atom. The molecule has 2 N–H and O–H groups in total. The molecule has 5 heteroatoms. The number of hydrogen-bond acceptors (Lipinski definition) is 4. The van der Waals surface area contributed by atoms with Gasteiger partial charge in [0.05, 0.1) is 6.54 Å². The highest BCUT2D eigenvalue weighted by Crippen LogP contribution is 2.24. The van der Waals surface area contributed by atoms with Crippen molar-refractivity contribution in [1.29, 1.82) is 0 Å². The summed E-state index contributed by atoms with van der Waals surface area (Å²) in [5.41, 5.74) is 7.04. The summed E-state index contributed by atoms with van der Waals surface area (Å²) in [5, 5.41) is 2.12. The van der Waals surface area contributed by atoms with Gasteiger partial charge < -0.3 is 10.6 Å². The van der Waals surface area contributed by atoms with Crippen LogP contribution < -0.4 is 5.73 Å². The second-order valence-corrected chi connectivity index (χ2v) is 5.89. The van der Waals surface area contributed by atoms with Gasteiger partial charge in [-0.2, -0.15) is 0 Å². The molecule has 0 unspecified atom stereocenters. The number of rotatable bonds is 2. The van der Waals surface area contributed by atoms with Crippen molar-refractivity contribution in [2.45, 2.75) is 19.0 Å². The average molecular weight is 251 g/mol. The maximum absolute atomic E-state index is 12.1. The fourth-order valence-electron chi connectivity index (χ4n) is 2.49. The smallest absolute Gasteiger partial charge is 0.237 e. The molecule has 3 rings (SSSR count). The number of nitrogens with zero attached hydrogens (tertiary/aromatic N) is 2. The fraction of sp³-hybridized carbons (Fsp3) is 0.583. The molecule has 2 aliphatic heterocycles. The van der Waals surface area contributed by atoms with Gasteiger partial charge in [-0.1, -0.05) is 0 Å². The van der Waals surface area contributed by atoms with Gasteiger partial charge >= 0.3 is 0 Å². The Balaban J connectivity index is 1.57. The molecule has 1 saturated heterocycles. The summed E-state index contributed by atoms with van der Waals surface area (Å²) >= 11 is 1.80. The highest BCUT2D eigenvalue weighted by Gasteiger charge is 2.28. The first kappa shape index (κ1) is 11.2. The number of amides is 1. The minimum absolute atomic E-state index is 0.244. The SMILES string of the molecule is NC1CN(CC(=O)N2CCc3sccc3C2)C1. The van der Waals surface area contributed by atoms with E-state index in [0.717, 1.165) is 32.6 Å². The zero-order valence-corrected chi connectivity index (χ0v) is 10.6. The normalized spacial score (nSPS) is 21.1.